The summed E-state index contributed by atoms with van der Waals surface area (Å²) < 4.78 is 39.7. The minimum absolute atomic E-state index is 0.0150. The number of carbonyl (C=O) groups is 1. The Labute approximate surface area is 206 Å². The molecule has 7 nitrogen and oxygen atoms in total. The maximum absolute atomic E-state index is 13.9. The third-order valence-electron chi connectivity index (χ3n) is 6.13. The van der Waals surface area contributed by atoms with Gasteiger partial charge in [-0.3, -0.25) is 9.10 Å². The first-order valence-corrected chi connectivity index (χ1v) is 12.9. The molecule has 0 saturated carbocycles. The second-order valence-electron chi connectivity index (χ2n) is 8.65. The van der Waals surface area contributed by atoms with Gasteiger partial charge in [0.15, 0.2) is 11.5 Å². The van der Waals surface area contributed by atoms with E-state index in [1.54, 1.807) is 23.1 Å². The van der Waals surface area contributed by atoms with Crippen molar-refractivity contribution in [1.82, 2.24) is 0 Å². The Balaban J connectivity index is 1.77. The van der Waals surface area contributed by atoms with Gasteiger partial charge in [-0.15, -0.1) is 0 Å². The molecule has 0 spiro atoms. The van der Waals surface area contributed by atoms with Gasteiger partial charge >= 0.3 is 0 Å². The van der Waals surface area contributed by atoms with Gasteiger partial charge in [0.05, 0.1) is 24.8 Å². The topological polar surface area (TPSA) is 76.2 Å². The van der Waals surface area contributed by atoms with E-state index in [2.05, 4.69) is 0 Å². The lowest BCUT2D eigenvalue weighted by atomic mass is 10.0. The molecule has 1 aliphatic heterocycles. The van der Waals surface area contributed by atoms with Crippen LogP contribution in [0, 0.1) is 13.8 Å². The zero-order valence-corrected chi connectivity index (χ0v) is 21.3. The standard InChI is InChI=1S/C27H30N2O5S/c1-19-14-20(2)16-22(15-19)29(35(31,32)23-11-12-25(33-3)26(17-23)34-4)18-27(30)28-13-7-9-21-8-5-6-10-24(21)28/h5-6,8,10-12,14-17H,7,9,13,18H2,1-4H3. The van der Waals surface area contributed by atoms with Gasteiger partial charge in [-0.2, -0.15) is 0 Å². The van der Waals surface area contributed by atoms with Crippen LogP contribution in [0.15, 0.2) is 65.6 Å². The molecule has 0 aliphatic carbocycles. The number of sulfonamides is 1. The summed E-state index contributed by atoms with van der Waals surface area (Å²) in [5.74, 6) is 0.441. The molecular formula is C27H30N2O5S. The molecule has 0 saturated heterocycles. The van der Waals surface area contributed by atoms with Crippen molar-refractivity contribution >= 4 is 27.3 Å². The Morgan fingerprint density at radius 1 is 0.943 bits per heavy atom. The Kier molecular flexibility index (Phi) is 7.03. The quantitative estimate of drug-likeness (QED) is 0.484. The van der Waals surface area contributed by atoms with Crippen molar-refractivity contribution in [3.8, 4) is 11.5 Å². The van der Waals surface area contributed by atoms with E-state index in [0.29, 0.717) is 23.7 Å². The summed E-state index contributed by atoms with van der Waals surface area (Å²) in [5.41, 5.74) is 4.18. The minimum atomic E-state index is -4.11. The highest BCUT2D eigenvalue weighted by atomic mass is 32.2. The largest absolute Gasteiger partial charge is 0.493 e. The van der Waals surface area contributed by atoms with Gasteiger partial charge in [-0.05, 0) is 73.7 Å². The Morgan fingerprint density at radius 2 is 1.63 bits per heavy atom. The number of rotatable bonds is 7. The van der Waals surface area contributed by atoms with Crippen molar-refractivity contribution in [2.75, 3.05) is 36.5 Å². The number of para-hydroxylation sites is 1. The number of fused-ring (bicyclic) bond motifs is 1. The molecule has 3 aromatic rings. The monoisotopic (exact) mass is 494 g/mol. The lowest BCUT2D eigenvalue weighted by Crippen LogP contribution is -2.45. The first kappa shape index (κ1) is 24.6. The predicted molar refractivity (Wildman–Crippen MR) is 137 cm³/mol. The van der Waals surface area contributed by atoms with E-state index < -0.39 is 10.0 Å². The number of aryl methyl sites for hydroxylation is 3. The van der Waals surface area contributed by atoms with Crippen LogP contribution >= 0.6 is 0 Å². The van der Waals surface area contributed by atoms with Crippen LogP contribution in [0.3, 0.4) is 0 Å². The first-order valence-electron chi connectivity index (χ1n) is 11.5. The molecular weight excluding hydrogens is 464 g/mol. The summed E-state index contributed by atoms with van der Waals surface area (Å²) in [7, 11) is -1.17. The van der Waals surface area contributed by atoms with Crippen molar-refractivity contribution in [2.24, 2.45) is 0 Å². The van der Waals surface area contributed by atoms with Crippen LogP contribution < -0.4 is 18.7 Å². The number of hydrogen-bond donors (Lipinski definition) is 0. The molecule has 0 aromatic heterocycles. The smallest absolute Gasteiger partial charge is 0.264 e. The molecule has 35 heavy (non-hydrogen) atoms. The SMILES string of the molecule is COc1ccc(S(=O)(=O)N(CC(=O)N2CCCc3ccccc32)c2cc(C)cc(C)c2)cc1OC. The van der Waals surface area contributed by atoms with Gasteiger partial charge in [-0.1, -0.05) is 24.3 Å². The molecule has 1 amide bonds. The summed E-state index contributed by atoms with van der Waals surface area (Å²) in [6.07, 6.45) is 1.72. The molecule has 0 bridgehead atoms. The minimum Gasteiger partial charge on any atom is -0.493 e. The summed E-state index contributed by atoms with van der Waals surface area (Å²) in [6.45, 7) is 4.03. The van der Waals surface area contributed by atoms with Crippen molar-refractivity contribution in [2.45, 2.75) is 31.6 Å². The second kappa shape index (κ2) is 10.00. The fourth-order valence-corrected chi connectivity index (χ4v) is 5.93. The maximum Gasteiger partial charge on any atom is 0.264 e. The average Bonchev–Trinajstić information content (AvgIpc) is 2.85. The van der Waals surface area contributed by atoms with Crippen molar-refractivity contribution in [3.63, 3.8) is 0 Å². The fourth-order valence-electron chi connectivity index (χ4n) is 4.51. The summed E-state index contributed by atoms with van der Waals surface area (Å²) in [5, 5.41) is 0. The highest BCUT2D eigenvalue weighted by Gasteiger charge is 2.31. The molecule has 0 N–H and O–H groups in total. The predicted octanol–water partition coefficient (Wildman–Crippen LogP) is 4.50. The van der Waals surface area contributed by atoms with Gasteiger partial charge in [-0.25, -0.2) is 8.42 Å². The molecule has 3 aromatic carbocycles. The number of amides is 1. The van der Waals surface area contributed by atoms with E-state index in [1.807, 2.05) is 44.2 Å². The van der Waals surface area contributed by atoms with Gasteiger partial charge in [0.25, 0.3) is 10.0 Å². The third kappa shape index (κ3) is 4.98. The third-order valence-corrected chi connectivity index (χ3v) is 7.90. The highest BCUT2D eigenvalue weighted by molar-refractivity contribution is 7.92. The van der Waals surface area contributed by atoms with Crippen LogP contribution in [-0.2, 0) is 21.2 Å². The van der Waals surface area contributed by atoms with E-state index in [-0.39, 0.29) is 17.3 Å². The number of methoxy groups -OCH3 is 2. The van der Waals surface area contributed by atoms with Crippen molar-refractivity contribution in [1.29, 1.82) is 0 Å². The number of hydrogen-bond acceptors (Lipinski definition) is 5. The molecule has 0 radical (unpaired) electrons. The van der Waals surface area contributed by atoms with E-state index in [4.69, 9.17) is 9.47 Å². The lowest BCUT2D eigenvalue weighted by Gasteiger charge is -2.32. The van der Waals surface area contributed by atoms with E-state index in [9.17, 15) is 13.2 Å². The molecule has 184 valence electrons. The van der Waals surface area contributed by atoms with Crippen molar-refractivity contribution < 1.29 is 22.7 Å². The summed E-state index contributed by atoms with van der Waals surface area (Å²) >= 11 is 0. The number of anilines is 2. The van der Waals surface area contributed by atoms with Crippen molar-refractivity contribution in [3.05, 3.63) is 77.4 Å². The second-order valence-corrected chi connectivity index (χ2v) is 10.5. The van der Waals surface area contributed by atoms with Gasteiger partial charge in [0.1, 0.15) is 6.54 Å². The zero-order valence-electron chi connectivity index (χ0n) is 20.4. The normalized spacial score (nSPS) is 13.2. The van der Waals surface area contributed by atoms with E-state index >= 15 is 0 Å². The van der Waals surface area contributed by atoms with Crippen LogP contribution in [0.25, 0.3) is 0 Å². The van der Waals surface area contributed by atoms with Gasteiger partial charge in [0, 0.05) is 18.3 Å². The molecule has 8 heteroatoms. The first-order chi connectivity index (χ1) is 16.7. The number of carbonyl (C=O) groups excluding carboxylic acids is 1. The maximum atomic E-state index is 13.9. The Bertz CT molecular complexity index is 1330. The van der Waals surface area contributed by atoms with Gasteiger partial charge < -0.3 is 14.4 Å². The zero-order chi connectivity index (χ0) is 25.2. The molecule has 4 rings (SSSR count). The summed E-state index contributed by atoms with van der Waals surface area (Å²) in [6, 6.07) is 17.7. The number of benzene rings is 3. The number of ether oxygens (including phenoxy) is 2. The van der Waals surface area contributed by atoms with Crippen LogP contribution in [0.2, 0.25) is 0 Å². The Morgan fingerprint density at radius 3 is 2.31 bits per heavy atom. The molecule has 1 heterocycles. The fraction of sp³-hybridized carbons (Fsp3) is 0.296. The molecule has 0 fully saturated rings. The average molecular weight is 495 g/mol. The number of nitrogens with zero attached hydrogens (tertiary/aromatic N) is 2. The molecule has 0 unspecified atom stereocenters. The molecule has 0 atom stereocenters. The van der Waals surface area contributed by atoms with Crippen LogP contribution in [0.1, 0.15) is 23.1 Å². The highest BCUT2D eigenvalue weighted by Crippen LogP contribution is 2.33. The Hall–Kier alpha value is -3.52. The lowest BCUT2D eigenvalue weighted by molar-refractivity contribution is -0.117. The van der Waals surface area contributed by atoms with Crippen LogP contribution in [-0.4, -0.2) is 41.6 Å². The van der Waals surface area contributed by atoms with Gasteiger partial charge in [0.2, 0.25) is 5.91 Å². The molecule has 1 aliphatic rings. The van der Waals surface area contributed by atoms with E-state index in [1.165, 1.54) is 30.7 Å². The summed E-state index contributed by atoms with van der Waals surface area (Å²) in [4.78, 5) is 15.3. The van der Waals surface area contributed by atoms with Crippen LogP contribution in [0.5, 0.6) is 11.5 Å². The van der Waals surface area contributed by atoms with E-state index in [0.717, 1.165) is 35.2 Å². The van der Waals surface area contributed by atoms with Crippen LogP contribution in [0.4, 0.5) is 11.4 Å².